The third kappa shape index (κ3) is 2.96. The number of benzene rings is 2. The molecule has 2 N–H and O–H groups in total. The molecule has 1 aliphatic rings. The second kappa shape index (κ2) is 5.92. The number of carbonyl (C=O) groups is 1. The highest BCUT2D eigenvalue weighted by Crippen LogP contribution is 2.35. The number of carbonyl (C=O) groups excluding carboxylic acids is 1. The summed E-state index contributed by atoms with van der Waals surface area (Å²) in [5.41, 5.74) is 1.68. The Kier molecular flexibility index (Phi) is 3.99. The molecule has 1 amide bonds. The van der Waals surface area contributed by atoms with E-state index in [4.69, 9.17) is 0 Å². The number of hydrogen-bond acceptors (Lipinski definition) is 3. The molecule has 1 atom stereocenters. The van der Waals surface area contributed by atoms with Crippen molar-refractivity contribution in [3.8, 4) is 0 Å². The van der Waals surface area contributed by atoms with Crippen LogP contribution in [0.2, 0.25) is 0 Å². The van der Waals surface area contributed by atoms with Crippen molar-refractivity contribution in [3.05, 3.63) is 71.3 Å². The minimum absolute atomic E-state index is 0.155. The van der Waals surface area contributed by atoms with E-state index in [1.54, 1.807) is 23.9 Å². The molecule has 1 unspecified atom stereocenters. The van der Waals surface area contributed by atoms with Gasteiger partial charge in [0.1, 0.15) is 5.60 Å². The number of hydrogen-bond donors (Lipinski definition) is 2. The lowest BCUT2D eigenvalue weighted by molar-refractivity contribution is 0.0552. The summed E-state index contributed by atoms with van der Waals surface area (Å²) in [4.78, 5) is 12.1. The molecule has 1 aliphatic heterocycles. The molecule has 108 valence electrons. The number of nitrogens with one attached hydrogen (secondary N) is 1. The van der Waals surface area contributed by atoms with Crippen LogP contribution in [0.25, 0.3) is 0 Å². The van der Waals surface area contributed by atoms with Crippen molar-refractivity contribution in [1.82, 2.24) is 5.32 Å². The van der Waals surface area contributed by atoms with Crippen molar-refractivity contribution < 1.29 is 9.90 Å². The Morgan fingerprint density at radius 3 is 2.67 bits per heavy atom. The van der Waals surface area contributed by atoms with Crippen LogP contribution in [-0.4, -0.2) is 23.3 Å². The predicted octanol–water partition coefficient (Wildman–Crippen LogP) is 2.55. The zero-order valence-corrected chi connectivity index (χ0v) is 12.4. The first kappa shape index (κ1) is 14.2. The van der Waals surface area contributed by atoms with Gasteiger partial charge in [0.15, 0.2) is 0 Å². The molecule has 0 radical (unpaired) electrons. The number of aliphatic hydroxyl groups is 1. The molecule has 4 heteroatoms. The monoisotopic (exact) mass is 299 g/mol. The molecule has 21 heavy (non-hydrogen) atoms. The molecule has 3 rings (SSSR count). The van der Waals surface area contributed by atoms with Crippen LogP contribution in [0.1, 0.15) is 21.5 Å². The van der Waals surface area contributed by atoms with Crippen LogP contribution < -0.4 is 5.32 Å². The van der Waals surface area contributed by atoms with E-state index < -0.39 is 5.60 Å². The van der Waals surface area contributed by atoms with Crippen LogP contribution in [0.3, 0.4) is 0 Å². The van der Waals surface area contributed by atoms with Crippen LogP contribution in [0.4, 0.5) is 0 Å². The fourth-order valence-corrected chi connectivity index (χ4v) is 3.74. The van der Waals surface area contributed by atoms with Gasteiger partial charge < -0.3 is 10.4 Å². The van der Waals surface area contributed by atoms with Gasteiger partial charge in [0.2, 0.25) is 0 Å². The molecule has 1 heterocycles. The van der Waals surface area contributed by atoms with Gasteiger partial charge in [-0.15, -0.1) is 0 Å². The summed E-state index contributed by atoms with van der Waals surface area (Å²) in [6, 6.07) is 17.0. The molecule has 2 aromatic carbocycles. The number of amides is 1. The standard InChI is InChI=1S/C17H17NO2S/c19-16(13-6-2-1-3-7-13)18-11-17(20)12-21-10-14-8-4-5-9-15(14)17/h1-9,20H,10-12H2,(H,18,19). The molecule has 0 fully saturated rings. The van der Waals surface area contributed by atoms with E-state index in [1.807, 2.05) is 42.5 Å². The van der Waals surface area contributed by atoms with Gasteiger partial charge in [-0.05, 0) is 23.3 Å². The normalized spacial score (nSPS) is 20.6. The summed E-state index contributed by atoms with van der Waals surface area (Å²) in [6.45, 7) is 0.227. The van der Waals surface area contributed by atoms with Crippen molar-refractivity contribution in [2.75, 3.05) is 12.3 Å². The highest BCUT2D eigenvalue weighted by atomic mass is 32.2. The van der Waals surface area contributed by atoms with Crippen molar-refractivity contribution in [1.29, 1.82) is 0 Å². The molecule has 0 saturated heterocycles. The predicted molar refractivity (Wildman–Crippen MR) is 85.3 cm³/mol. The fourth-order valence-electron chi connectivity index (χ4n) is 2.57. The highest BCUT2D eigenvalue weighted by Gasteiger charge is 2.34. The van der Waals surface area contributed by atoms with Crippen molar-refractivity contribution in [2.45, 2.75) is 11.4 Å². The van der Waals surface area contributed by atoms with E-state index in [0.717, 1.165) is 16.9 Å². The van der Waals surface area contributed by atoms with Gasteiger partial charge in [-0.25, -0.2) is 0 Å². The molecule has 0 spiro atoms. The first-order valence-electron chi connectivity index (χ1n) is 6.91. The van der Waals surface area contributed by atoms with Gasteiger partial charge in [-0.2, -0.15) is 11.8 Å². The van der Waals surface area contributed by atoms with E-state index >= 15 is 0 Å². The Labute approximate surface area is 128 Å². The second-order valence-electron chi connectivity index (χ2n) is 5.23. The molecule has 2 aromatic rings. The van der Waals surface area contributed by atoms with Gasteiger partial charge in [0.05, 0.1) is 6.54 Å². The van der Waals surface area contributed by atoms with Crippen LogP contribution in [0.5, 0.6) is 0 Å². The lowest BCUT2D eigenvalue weighted by Crippen LogP contribution is -2.44. The van der Waals surface area contributed by atoms with Crippen LogP contribution in [-0.2, 0) is 11.4 Å². The Hall–Kier alpha value is -1.78. The highest BCUT2D eigenvalue weighted by molar-refractivity contribution is 7.98. The first-order valence-corrected chi connectivity index (χ1v) is 8.06. The molecule has 0 bridgehead atoms. The van der Waals surface area contributed by atoms with Crippen LogP contribution in [0, 0.1) is 0 Å². The Bertz CT molecular complexity index is 644. The molecule has 0 aromatic heterocycles. The summed E-state index contributed by atoms with van der Waals surface area (Å²) >= 11 is 1.69. The average molecular weight is 299 g/mol. The Balaban J connectivity index is 1.75. The smallest absolute Gasteiger partial charge is 0.251 e. The Morgan fingerprint density at radius 1 is 1.14 bits per heavy atom. The summed E-state index contributed by atoms with van der Waals surface area (Å²) in [5.74, 6) is 1.35. The maximum Gasteiger partial charge on any atom is 0.251 e. The summed E-state index contributed by atoms with van der Waals surface area (Å²) < 4.78 is 0. The van der Waals surface area contributed by atoms with Gasteiger partial charge in [0.25, 0.3) is 5.91 Å². The number of thioether (sulfide) groups is 1. The number of fused-ring (bicyclic) bond motifs is 1. The topological polar surface area (TPSA) is 49.3 Å². The molecule has 0 aliphatic carbocycles. The molecular formula is C17H17NO2S. The van der Waals surface area contributed by atoms with Gasteiger partial charge in [0, 0.05) is 17.1 Å². The van der Waals surface area contributed by atoms with Crippen molar-refractivity contribution in [2.24, 2.45) is 0 Å². The summed E-state index contributed by atoms with van der Waals surface area (Å²) in [5, 5.41) is 13.7. The minimum Gasteiger partial charge on any atom is -0.382 e. The maximum absolute atomic E-state index is 12.1. The maximum atomic E-state index is 12.1. The lowest BCUT2D eigenvalue weighted by Gasteiger charge is -2.34. The quantitative estimate of drug-likeness (QED) is 0.916. The van der Waals surface area contributed by atoms with Gasteiger partial charge in [-0.1, -0.05) is 42.5 Å². The zero-order chi connectivity index (χ0) is 14.7. The lowest BCUT2D eigenvalue weighted by atomic mass is 9.91. The van der Waals surface area contributed by atoms with E-state index in [-0.39, 0.29) is 12.5 Å². The third-order valence-corrected chi connectivity index (χ3v) is 4.89. The van der Waals surface area contributed by atoms with Gasteiger partial charge in [-0.3, -0.25) is 4.79 Å². The summed E-state index contributed by atoms with van der Waals surface area (Å²) in [7, 11) is 0. The molecule has 3 nitrogen and oxygen atoms in total. The largest absolute Gasteiger partial charge is 0.382 e. The summed E-state index contributed by atoms with van der Waals surface area (Å²) in [6.07, 6.45) is 0. The zero-order valence-electron chi connectivity index (χ0n) is 11.6. The number of rotatable bonds is 3. The average Bonchev–Trinajstić information content (AvgIpc) is 2.54. The van der Waals surface area contributed by atoms with Gasteiger partial charge >= 0.3 is 0 Å². The van der Waals surface area contributed by atoms with Crippen molar-refractivity contribution in [3.63, 3.8) is 0 Å². The van der Waals surface area contributed by atoms with Crippen LogP contribution in [0.15, 0.2) is 54.6 Å². The van der Waals surface area contributed by atoms with E-state index in [1.165, 1.54) is 0 Å². The molecular weight excluding hydrogens is 282 g/mol. The Morgan fingerprint density at radius 2 is 1.86 bits per heavy atom. The van der Waals surface area contributed by atoms with Crippen LogP contribution >= 0.6 is 11.8 Å². The second-order valence-corrected chi connectivity index (χ2v) is 6.22. The van der Waals surface area contributed by atoms with E-state index in [9.17, 15) is 9.90 Å². The SMILES string of the molecule is O=C(NCC1(O)CSCc2ccccc21)c1ccccc1. The third-order valence-electron chi connectivity index (χ3n) is 3.69. The minimum atomic E-state index is -0.996. The van der Waals surface area contributed by atoms with E-state index in [2.05, 4.69) is 5.32 Å². The molecule has 0 saturated carbocycles. The van der Waals surface area contributed by atoms with E-state index in [0.29, 0.717) is 11.3 Å². The van der Waals surface area contributed by atoms with Crippen molar-refractivity contribution >= 4 is 17.7 Å². The fraction of sp³-hybridized carbons (Fsp3) is 0.235. The first-order chi connectivity index (χ1) is 10.2.